The Morgan fingerprint density at radius 2 is 2.00 bits per heavy atom. The van der Waals surface area contributed by atoms with Crippen molar-refractivity contribution in [3.05, 3.63) is 48.0 Å². The maximum atomic E-state index is 3.77. The Morgan fingerprint density at radius 3 is 2.68 bits per heavy atom. The number of nitrogens with zero attached hydrogens (tertiary/aromatic N) is 1. The first-order valence-electron chi connectivity index (χ1n) is 7.34. The molecule has 1 rings (SSSR count). The smallest absolute Gasteiger partial charge is 0.0233 e. The van der Waals surface area contributed by atoms with Gasteiger partial charge < -0.3 is 10.2 Å². The van der Waals surface area contributed by atoms with Crippen LogP contribution in [-0.4, -0.2) is 31.6 Å². The molecule has 2 heteroatoms. The number of hydrogen-bond donors (Lipinski definition) is 1. The van der Waals surface area contributed by atoms with Crippen molar-refractivity contribution in [2.24, 2.45) is 0 Å². The second kappa shape index (κ2) is 9.76. The third-order valence-electron chi connectivity index (χ3n) is 3.33. The standard InChI is InChI=1S/C17H28N2/c1-4-6-9-14-19(3)15-17-11-8-7-10-16(17)12-13-18-5-2/h4,7-8,10-11,18H,1,5-6,9,12-15H2,2-3H3. The van der Waals surface area contributed by atoms with Crippen molar-refractivity contribution in [3.8, 4) is 0 Å². The van der Waals surface area contributed by atoms with E-state index in [-0.39, 0.29) is 0 Å². The molecular formula is C17H28N2. The number of unbranched alkanes of at least 4 members (excludes halogenated alkanes) is 1. The van der Waals surface area contributed by atoms with Gasteiger partial charge in [-0.3, -0.25) is 0 Å². The number of rotatable bonds is 10. The molecule has 0 unspecified atom stereocenters. The normalized spacial score (nSPS) is 10.9. The van der Waals surface area contributed by atoms with E-state index in [9.17, 15) is 0 Å². The molecule has 1 N–H and O–H groups in total. The Labute approximate surface area is 118 Å². The van der Waals surface area contributed by atoms with E-state index in [1.807, 2.05) is 6.08 Å². The summed E-state index contributed by atoms with van der Waals surface area (Å²) in [4.78, 5) is 2.40. The average molecular weight is 260 g/mol. The van der Waals surface area contributed by atoms with Crippen LogP contribution in [0.1, 0.15) is 30.9 Å². The van der Waals surface area contributed by atoms with Gasteiger partial charge in [0.25, 0.3) is 0 Å². The molecule has 0 saturated heterocycles. The van der Waals surface area contributed by atoms with Crippen LogP contribution in [0.3, 0.4) is 0 Å². The van der Waals surface area contributed by atoms with E-state index in [1.165, 1.54) is 17.5 Å². The predicted molar refractivity (Wildman–Crippen MR) is 84.5 cm³/mol. The number of hydrogen-bond acceptors (Lipinski definition) is 2. The van der Waals surface area contributed by atoms with Gasteiger partial charge in [0.05, 0.1) is 0 Å². The Kier molecular flexibility index (Phi) is 8.19. The second-order valence-electron chi connectivity index (χ2n) is 5.04. The van der Waals surface area contributed by atoms with Gasteiger partial charge in [-0.15, -0.1) is 6.58 Å². The molecule has 0 aromatic heterocycles. The van der Waals surface area contributed by atoms with E-state index in [0.29, 0.717) is 0 Å². The molecule has 0 bridgehead atoms. The third kappa shape index (κ3) is 6.55. The van der Waals surface area contributed by atoms with Gasteiger partial charge in [0.1, 0.15) is 0 Å². The molecule has 0 fully saturated rings. The fraction of sp³-hybridized carbons (Fsp3) is 0.529. The number of nitrogens with one attached hydrogen (secondary N) is 1. The Bertz CT molecular complexity index is 360. The van der Waals surface area contributed by atoms with Gasteiger partial charge in [-0.1, -0.05) is 37.3 Å². The topological polar surface area (TPSA) is 15.3 Å². The minimum absolute atomic E-state index is 1.04. The lowest BCUT2D eigenvalue weighted by atomic mass is 10.0. The molecule has 2 nitrogen and oxygen atoms in total. The minimum Gasteiger partial charge on any atom is -0.317 e. The molecule has 0 aliphatic carbocycles. The summed E-state index contributed by atoms with van der Waals surface area (Å²) in [6, 6.07) is 8.79. The molecule has 0 amide bonds. The minimum atomic E-state index is 1.04. The van der Waals surface area contributed by atoms with Crippen LogP contribution < -0.4 is 5.32 Å². The Hall–Kier alpha value is -1.12. The van der Waals surface area contributed by atoms with E-state index in [4.69, 9.17) is 0 Å². The summed E-state index contributed by atoms with van der Waals surface area (Å²) in [5.74, 6) is 0. The van der Waals surface area contributed by atoms with Gasteiger partial charge in [-0.05, 0) is 57.1 Å². The van der Waals surface area contributed by atoms with Crippen LogP contribution in [0.4, 0.5) is 0 Å². The van der Waals surface area contributed by atoms with Crippen molar-refractivity contribution in [3.63, 3.8) is 0 Å². The highest BCUT2D eigenvalue weighted by Crippen LogP contribution is 2.12. The highest BCUT2D eigenvalue weighted by Gasteiger charge is 2.04. The highest BCUT2D eigenvalue weighted by molar-refractivity contribution is 5.27. The van der Waals surface area contributed by atoms with Crippen molar-refractivity contribution >= 4 is 0 Å². The second-order valence-corrected chi connectivity index (χ2v) is 5.04. The van der Waals surface area contributed by atoms with Gasteiger partial charge in [0.2, 0.25) is 0 Å². The van der Waals surface area contributed by atoms with Crippen LogP contribution in [-0.2, 0) is 13.0 Å². The monoisotopic (exact) mass is 260 g/mol. The van der Waals surface area contributed by atoms with Crippen LogP contribution in [0.15, 0.2) is 36.9 Å². The predicted octanol–water partition coefficient (Wildman–Crippen LogP) is 3.24. The van der Waals surface area contributed by atoms with E-state index in [0.717, 1.165) is 39.0 Å². The first-order chi connectivity index (χ1) is 9.27. The molecule has 1 aromatic rings. The van der Waals surface area contributed by atoms with Crippen molar-refractivity contribution in [1.82, 2.24) is 10.2 Å². The fourth-order valence-electron chi connectivity index (χ4n) is 2.23. The SMILES string of the molecule is C=CCCCN(C)Cc1ccccc1CCNCC. The zero-order valence-electron chi connectivity index (χ0n) is 12.5. The van der Waals surface area contributed by atoms with Gasteiger partial charge in [0.15, 0.2) is 0 Å². The fourth-order valence-corrected chi connectivity index (χ4v) is 2.23. The van der Waals surface area contributed by atoms with E-state index in [2.05, 4.69) is 55.0 Å². The van der Waals surface area contributed by atoms with Crippen molar-refractivity contribution in [2.75, 3.05) is 26.7 Å². The lowest BCUT2D eigenvalue weighted by Crippen LogP contribution is -2.21. The zero-order chi connectivity index (χ0) is 13.9. The van der Waals surface area contributed by atoms with Crippen molar-refractivity contribution < 1.29 is 0 Å². The summed E-state index contributed by atoms with van der Waals surface area (Å²) in [5, 5.41) is 3.39. The summed E-state index contributed by atoms with van der Waals surface area (Å²) < 4.78 is 0. The average Bonchev–Trinajstić information content (AvgIpc) is 2.41. The van der Waals surface area contributed by atoms with Crippen LogP contribution in [0.5, 0.6) is 0 Å². The van der Waals surface area contributed by atoms with Crippen LogP contribution >= 0.6 is 0 Å². The first-order valence-corrected chi connectivity index (χ1v) is 7.34. The Balaban J connectivity index is 2.48. The molecule has 0 spiro atoms. The number of allylic oxidation sites excluding steroid dienone is 1. The number of likely N-dealkylation sites (N-methyl/N-ethyl adjacent to an activating group) is 1. The van der Waals surface area contributed by atoms with Gasteiger partial charge in [-0.2, -0.15) is 0 Å². The number of benzene rings is 1. The van der Waals surface area contributed by atoms with Crippen molar-refractivity contribution in [2.45, 2.75) is 32.7 Å². The molecule has 19 heavy (non-hydrogen) atoms. The molecule has 0 heterocycles. The van der Waals surface area contributed by atoms with Gasteiger partial charge in [0, 0.05) is 6.54 Å². The molecule has 1 aromatic carbocycles. The quantitative estimate of drug-likeness (QED) is 0.513. The van der Waals surface area contributed by atoms with Crippen LogP contribution in [0.25, 0.3) is 0 Å². The van der Waals surface area contributed by atoms with Crippen LogP contribution in [0.2, 0.25) is 0 Å². The molecule has 0 radical (unpaired) electrons. The molecule has 0 aliphatic rings. The lowest BCUT2D eigenvalue weighted by molar-refractivity contribution is 0.322. The van der Waals surface area contributed by atoms with E-state index < -0.39 is 0 Å². The molecular weight excluding hydrogens is 232 g/mol. The maximum Gasteiger partial charge on any atom is 0.0233 e. The van der Waals surface area contributed by atoms with Gasteiger partial charge in [-0.25, -0.2) is 0 Å². The summed E-state index contributed by atoms with van der Waals surface area (Å²) in [6.45, 7) is 10.2. The summed E-state index contributed by atoms with van der Waals surface area (Å²) in [7, 11) is 2.20. The third-order valence-corrected chi connectivity index (χ3v) is 3.33. The summed E-state index contributed by atoms with van der Waals surface area (Å²) >= 11 is 0. The summed E-state index contributed by atoms with van der Waals surface area (Å²) in [6.07, 6.45) is 5.41. The van der Waals surface area contributed by atoms with E-state index >= 15 is 0 Å². The first kappa shape index (κ1) is 15.9. The molecule has 0 saturated carbocycles. The summed E-state index contributed by atoms with van der Waals surface area (Å²) in [5.41, 5.74) is 2.93. The molecule has 0 aliphatic heterocycles. The largest absolute Gasteiger partial charge is 0.317 e. The maximum absolute atomic E-state index is 3.77. The van der Waals surface area contributed by atoms with Crippen molar-refractivity contribution in [1.29, 1.82) is 0 Å². The molecule has 106 valence electrons. The van der Waals surface area contributed by atoms with Gasteiger partial charge >= 0.3 is 0 Å². The van der Waals surface area contributed by atoms with E-state index in [1.54, 1.807) is 0 Å². The lowest BCUT2D eigenvalue weighted by Gasteiger charge is -2.18. The molecule has 0 atom stereocenters. The zero-order valence-corrected chi connectivity index (χ0v) is 12.5. The van der Waals surface area contributed by atoms with Crippen LogP contribution in [0, 0.1) is 0 Å². The highest BCUT2D eigenvalue weighted by atomic mass is 15.1. The Morgan fingerprint density at radius 1 is 1.26 bits per heavy atom.